The Labute approximate surface area is 130 Å². The van der Waals surface area contributed by atoms with Crippen LogP contribution >= 0.6 is 15.9 Å². The zero-order valence-corrected chi connectivity index (χ0v) is 13.3. The first-order valence-electron chi connectivity index (χ1n) is 5.83. The van der Waals surface area contributed by atoms with Crippen molar-refractivity contribution in [3.8, 4) is 0 Å². The number of nitro groups is 1. The van der Waals surface area contributed by atoms with Crippen LogP contribution in [0.5, 0.6) is 0 Å². The van der Waals surface area contributed by atoms with Crippen molar-refractivity contribution in [1.29, 1.82) is 0 Å². The first-order chi connectivity index (χ1) is 9.79. The van der Waals surface area contributed by atoms with Gasteiger partial charge in [0.05, 0.1) is 15.5 Å². The molecule has 6 nitrogen and oxygen atoms in total. The molecule has 0 heterocycles. The number of hydrogen-bond acceptors (Lipinski definition) is 4. The van der Waals surface area contributed by atoms with Crippen LogP contribution in [0.1, 0.15) is 5.56 Å². The summed E-state index contributed by atoms with van der Waals surface area (Å²) in [4.78, 5) is 10.2. The number of hydrogen-bond donors (Lipinski definition) is 1. The Balaban J connectivity index is 2.32. The number of benzene rings is 2. The van der Waals surface area contributed by atoms with E-state index in [9.17, 15) is 18.5 Å². The molecule has 2 aromatic rings. The van der Waals surface area contributed by atoms with Crippen LogP contribution in [0.15, 0.2) is 51.8 Å². The van der Waals surface area contributed by atoms with Gasteiger partial charge in [-0.1, -0.05) is 17.7 Å². The van der Waals surface area contributed by atoms with Crippen LogP contribution in [0.25, 0.3) is 0 Å². The molecular weight excluding hydrogens is 360 g/mol. The van der Waals surface area contributed by atoms with E-state index in [1.807, 2.05) is 6.92 Å². The van der Waals surface area contributed by atoms with E-state index in [2.05, 4.69) is 20.7 Å². The van der Waals surface area contributed by atoms with E-state index in [1.165, 1.54) is 30.3 Å². The van der Waals surface area contributed by atoms with Gasteiger partial charge in [-0.05, 0) is 41.1 Å². The topological polar surface area (TPSA) is 89.3 Å². The van der Waals surface area contributed by atoms with Crippen molar-refractivity contribution >= 4 is 37.3 Å². The lowest BCUT2D eigenvalue weighted by molar-refractivity contribution is -0.384. The van der Waals surface area contributed by atoms with Crippen LogP contribution in [0, 0.1) is 17.0 Å². The van der Waals surface area contributed by atoms with Crippen molar-refractivity contribution < 1.29 is 13.3 Å². The molecule has 0 saturated heterocycles. The zero-order valence-electron chi connectivity index (χ0n) is 10.9. The largest absolute Gasteiger partial charge is 0.278 e. The number of non-ortho nitro benzene ring substituents is 1. The van der Waals surface area contributed by atoms with Crippen LogP contribution in [0.2, 0.25) is 0 Å². The Morgan fingerprint density at radius 3 is 2.29 bits per heavy atom. The molecule has 8 heteroatoms. The monoisotopic (exact) mass is 370 g/mol. The normalized spacial score (nSPS) is 11.1. The highest BCUT2D eigenvalue weighted by Crippen LogP contribution is 2.29. The van der Waals surface area contributed by atoms with Gasteiger partial charge < -0.3 is 0 Å². The smallest absolute Gasteiger partial charge is 0.270 e. The molecule has 0 fully saturated rings. The summed E-state index contributed by atoms with van der Waals surface area (Å²) >= 11 is 3.12. The maximum absolute atomic E-state index is 12.2. The summed E-state index contributed by atoms with van der Waals surface area (Å²) in [5, 5.41) is 10.6. The molecule has 0 saturated carbocycles. The van der Waals surface area contributed by atoms with Gasteiger partial charge in [-0.3, -0.25) is 14.8 Å². The molecule has 1 N–H and O–H groups in total. The number of nitro benzene ring substituents is 1. The lowest BCUT2D eigenvalue weighted by Gasteiger charge is -2.09. The minimum absolute atomic E-state index is 0.123. The molecule has 0 spiro atoms. The van der Waals surface area contributed by atoms with Gasteiger partial charge >= 0.3 is 0 Å². The highest BCUT2D eigenvalue weighted by atomic mass is 79.9. The average molecular weight is 371 g/mol. The summed E-state index contributed by atoms with van der Waals surface area (Å²) in [5.74, 6) is 0. The predicted molar refractivity (Wildman–Crippen MR) is 82.8 cm³/mol. The molecule has 0 bridgehead atoms. The summed E-state index contributed by atoms with van der Waals surface area (Å²) in [6, 6.07) is 10.2. The second-order valence-corrected chi connectivity index (χ2v) is 6.88. The lowest BCUT2D eigenvalue weighted by Crippen LogP contribution is -2.13. The molecule has 21 heavy (non-hydrogen) atoms. The van der Waals surface area contributed by atoms with Crippen molar-refractivity contribution in [3.63, 3.8) is 0 Å². The Bertz CT molecular complexity index is 788. The van der Waals surface area contributed by atoms with Crippen molar-refractivity contribution in [2.75, 3.05) is 4.72 Å². The highest BCUT2D eigenvalue weighted by Gasteiger charge is 2.17. The molecule has 0 aliphatic rings. The Morgan fingerprint density at radius 2 is 1.76 bits per heavy atom. The lowest BCUT2D eigenvalue weighted by atomic mass is 10.2. The molecule has 0 aliphatic carbocycles. The van der Waals surface area contributed by atoms with Crippen molar-refractivity contribution in [1.82, 2.24) is 0 Å². The van der Waals surface area contributed by atoms with E-state index in [-0.39, 0.29) is 16.3 Å². The van der Waals surface area contributed by atoms with E-state index < -0.39 is 14.9 Å². The van der Waals surface area contributed by atoms with E-state index in [0.717, 1.165) is 5.56 Å². The van der Waals surface area contributed by atoms with Gasteiger partial charge in [-0.15, -0.1) is 0 Å². The van der Waals surface area contributed by atoms with Crippen LogP contribution in [0.4, 0.5) is 11.4 Å². The molecule has 110 valence electrons. The predicted octanol–water partition coefficient (Wildman–Crippen LogP) is 3.47. The highest BCUT2D eigenvalue weighted by molar-refractivity contribution is 9.10. The number of nitrogens with one attached hydrogen (secondary N) is 1. The summed E-state index contributed by atoms with van der Waals surface area (Å²) in [7, 11) is -3.74. The van der Waals surface area contributed by atoms with Gasteiger partial charge in [0, 0.05) is 16.6 Å². The van der Waals surface area contributed by atoms with Crippen LogP contribution < -0.4 is 4.72 Å². The first-order valence-corrected chi connectivity index (χ1v) is 8.10. The fourth-order valence-electron chi connectivity index (χ4n) is 1.62. The SMILES string of the molecule is Cc1ccc(S(=O)(=O)Nc2ccc([N+](=O)[O-])cc2Br)cc1. The molecule has 2 rings (SSSR count). The summed E-state index contributed by atoms with van der Waals surface area (Å²) in [6.07, 6.45) is 0. The fourth-order valence-corrected chi connectivity index (χ4v) is 3.30. The average Bonchev–Trinajstić information content (AvgIpc) is 2.41. The number of rotatable bonds is 4. The third-order valence-corrected chi connectivity index (χ3v) is 4.78. The van der Waals surface area contributed by atoms with Gasteiger partial charge in [-0.2, -0.15) is 0 Å². The van der Waals surface area contributed by atoms with Gasteiger partial charge in [0.2, 0.25) is 0 Å². The molecule has 0 atom stereocenters. The molecular formula is C13H11BrN2O4S. The Hall–Kier alpha value is -1.93. The number of sulfonamides is 1. The second-order valence-electron chi connectivity index (χ2n) is 4.34. The third-order valence-electron chi connectivity index (χ3n) is 2.74. The minimum atomic E-state index is -3.74. The molecule has 0 unspecified atom stereocenters. The zero-order chi connectivity index (χ0) is 15.6. The Kier molecular flexibility index (Phi) is 4.29. The molecule has 0 amide bonds. The molecule has 0 aromatic heterocycles. The van der Waals surface area contributed by atoms with E-state index in [0.29, 0.717) is 4.47 Å². The van der Waals surface area contributed by atoms with Crippen molar-refractivity contribution in [2.45, 2.75) is 11.8 Å². The van der Waals surface area contributed by atoms with Crippen molar-refractivity contribution in [3.05, 3.63) is 62.6 Å². The number of anilines is 1. The summed E-state index contributed by atoms with van der Waals surface area (Å²) in [5.41, 5.74) is 1.06. The number of halogens is 1. The summed E-state index contributed by atoms with van der Waals surface area (Å²) in [6.45, 7) is 1.86. The number of nitrogens with zero attached hydrogens (tertiary/aromatic N) is 1. The van der Waals surface area contributed by atoms with Crippen LogP contribution in [-0.4, -0.2) is 13.3 Å². The van der Waals surface area contributed by atoms with E-state index in [1.54, 1.807) is 12.1 Å². The van der Waals surface area contributed by atoms with Gasteiger partial charge in [0.1, 0.15) is 0 Å². The fraction of sp³-hybridized carbons (Fsp3) is 0.0769. The van der Waals surface area contributed by atoms with E-state index in [4.69, 9.17) is 0 Å². The summed E-state index contributed by atoms with van der Waals surface area (Å²) < 4.78 is 27.1. The third kappa shape index (κ3) is 3.59. The first kappa shape index (κ1) is 15.5. The quantitative estimate of drug-likeness (QED) is 0.658. The van der Waals surface area contributed by atoms with E-state index >= 15 is 0 Å². The number of aryl methyl sites for hydroxylation is 1. The van der Waals surface area contributed by atoms with Gasteiger partial charge in [-0.25, -0.2) is 8.42 Å². The Morgan fingerprint density at radius 1 is 1.14 bits per heavy atom. The van der Waals surface area contributed by atoms with Crippen LogP contribution in [0.3, 0.4) is 0 Å². The second kappa shape index (κ2) is 5.82. The van der Waals surface area contributed by atoms with Crippen LogP contribution in [-0.2, 0) is 10.0 Å². The van der Waals surface area contributed by atoms with Gasteiger partial charge in [0.15, 0.2) is 0 Å². The minimum Gasteiger partial charge on any atom is -0.278 e. The molecule has 0 radical (unpaired) electrons. The standard InChI is InChI=1S/C13H11BrN2O4S/c1-9-2-5-11(6-3-9)21(19,20)15-13-7-4-10(16(17)18)8-12(13)14/h2-8,15H,1H3. The maximum Gasteiger partial charge on any atom is 0.270 e. The molecule has 2 aromatic carbocycles. The molecule has 0 aliphatic heterocycles. The maximum atomic E-state index is 12.2. The van der Waals surface area contributed by atoms with Crippen molar-refractivity contribution in [2.24, 2.45) is 0 Å². The van der Waals surface area contributed by atoms with Gasteiger partial charge in [0.25, 0.3) is 15.7 Å².